The summed E-state index contributed by atoms with van der Waals surface area (Å²) in [5, 5.41) is 13.3. The molecule has 1 rings (SSSR count). The van der Waals surface area contributed by atoms with Gasteiger partial charge < -0.3 is 5.32 Å². The summed E-state index contributed by atoms with van der Waals surface area (Å²) in [6, 6.07) is 4.01. The van der Waals surface area contributed by atoms with Crippen molar-refractivity contribution in [1.29, 1.82) is 0 Å². The summed E-state index contributed by atoms with van der Waals surface area (Å²) < 4.78 is 0.668. The molecule has 1 N–H and O–H groups in total. The second-order valence-electron chi connectivity index (χ2n) is 3.42. The van der Waals surface area contributed by atoms with Gasteiger partial charge in [0.25, 0.3) is 11.6 Å². The zero-order valence-electron chi connectivity index (χ0n) is 9.14. The fraction of sp³-hybridized carbons (Fsp3) is 0.182. The molecule has 1 atom stereocenters. The normalized spacial score (nSPS) is 11.6. The molecule has 5 nitrogen and oxygen atoms in total. The van der Waals surface area contributed by atoms with Crippen LogP contribution in [0, 0.1) is 13.7 Å². The van der Waals surface area contributed by atoms with Crippen molar-refractivity contribution in [3.63, 3.8) is 0 Å². The van der Waals surface area contributed by atoms with E-state index in [0.29, 0.717) is 9.13 Å². The Morgan fingerprint density at radius 1 is 1.65 bits per heavy atom. The van der Waals surface area contributed by atoms with Gasteiger partial charge in [0.15, 0.2) is 0 Å². The number of hydrogen-bond donors (Lipinski definition) is 1. The molecular weight excluding hydrogens is 335 g/mol. The minimum absolute atomic E-state index is 0.0955. The molecule has 0 aliphatic rings. The summed E-state index contributed by atoms with van der Waals surface area (Å²) in [5.41, 5.74) is 0.204. The summed E-state index contributed by atoms with van der Waals surface area (Å²) in [7, 11) is 0. The minimum Gasteiger partial charge on any atom is -0.346 e. The Hall–Kier alpha value is -1.44. The number of nitrogens with one attached hydrogen (secondary N) is 1. The Balaban J connectivity index is 3.03. The van der Waals surface area contributed by atoms with Crippen molar-refractivity contribution in [2.45, 2.75) is 13.0 Å². The molecule has 0 saturated carbocycles. The quantitative estimate of drug-likeness (QED) is 0.394. The third-order valence-corrected chi connectivity index (χ3v) is 3.06. The molecule has 1 aromatic rings. The number of amides is 1. The lowest BCUT2D eigenvalue weighted by Gasteiger charge is -2.10. The number of rotatable bonds is 4. The second kappa shape index (κ2) is 5.76. The van der Waals surface area contributed by atoms with Gasteiger partial charge in [0.2, 0.25) is 0 Å². The number of nitrogens with zero attached hydrogens (tertiary/aromatic N) is 1. The van der Waals surface area contributed by atoms with Gasteiger partial charge in [-0.2, -0.15) is 0 Å². The molecule has 90 valence electrons. The zero-order valence-corrected chi connectivity index (χ0v) is 11.3. The first kappa shape index (κ1) is 13.6. The predicted octanol–water partition coefficient (Wildman–Crippen LogP) is 2.50. The third kappa shape index (κ3) is 3.52. The molecule has 1 amide bonds. The van der Waals surface area contributed by atoms with E-state index in [4.69, 9.17) is 0 Å². The standard InChI is InChI=1S/C11H11IN2O3/c1-3-7(2)13-11(15)9-6-8(14(16)17)4-5-10(9)12/h3-7H,1H2,2H3,(H,13,15). The summed E-state index contributed by atoms with van der Waals surface area (Å²) in [6.07, 6.45) is 1.59. The number of halogens is 1. The van der Waals surface area contributed by atoms with Crippen LogP contribution in [-0.2, 0) is 0 Å². The number of benzene rings is 1. The van der Waals surface area contributed by atoms with Gasteiger partial charge in [-0.3, -0.25) is 14.9 Å². The molecule has 17 heavy (non-hydrogen) atoms. The van der Waals surface area contributed by atoms with E-state index < -0.39 is 4.92 Å². The van der Waals surface area contributed by atoms with Crippen molar-refractivity contribution in [1.82, 2.24) is 5.32 Å². The van der Waals surface area contributed by atoms with Crippen LogP contribution in [0.4, 0.5) is 5.69 Å². The van der Waals surface area contributed by atoms with E-state index in [1.54, 1.807) is 19.1 Å². The monoisotopic (exact) mass is 346 g/mol. The second-order valence-corrected chi connectivity index (χ2v) is 4.58. The Morgan fingerprint density at radius 2 is 2.29 bits per heavy atom. The van der Waals surface area contributed by atoms with Crippen LogP contribution in [0.25, 0.3) is 0 Å². The van der Waals surface area contributed by atoms with E-state index in [-0.39, 0.29) is 17.6 Å². The van der Waals surface area contributed by atoms with E-state index in [1.165, 1.54) is 12.1 Å². The number of hydrogen-bond acceptors (Lipinski definition) is 3. The molecular formula is C11H11IN2O3. The van der Waals surface area contributed by atoms with E-state index in [9.17, 15) is 14.9 Å². The zero-order chi connectivity index (χ0) is 13.0. The Bertz CT molecular complexity index is 474. The minimum atomic E-state index is -0.524. The fourth-order valence-corrected chi connectivity index (χ4v) is 1.72. The van der Waals surface area contributed by atoms with Crippen molar-refractivity contribution >= 4 is 34.2 Å². The molecule has 0 fully saturated rings. The van der Waals surface area contributed by atoms with Crippen LogP contribution in [0.5, 0.6) is 0 Å². The van der Waals surface area contributed by atoms with Crippen LogP contribution >= 0.6 is 22.6 Å². The van der Waals surface area contributed by atoms with E-state index >= 15 is 0 Å². The average molecular weight is 346 g/mol. The first-order valence-electron chi connectivity index (χ1n) is 4.83. The van der Waals surface area contributed by atoms with Crippen LogP contribution in [-0.4, -0.2) is 16.9 Å². The first-order chi connectivity index (χ1) is 7.95. The van der Waals surface area contributed by atoms with Gasteiger partial charge in [-0.25, -0.2) is 0 Å². The molecule has 0 aliphatic carbocycles. The lowest BCUT2D eigenvalue weighted by atomic mass is 10.2. The maximum Gasteiger partial charge on any atom is 0.270 e. The number of nitro groups is 1. The van der Waals surface area contributed by atoms with Crippen molar-refractivity contribution in [2.75, 3.05) is 0 Å². The van der Waals surface area contributed by atoms with Gasteiger partial charge in [-0.05, 0) is 35.6 Å². The lowest BCUT2D eigenvalue weighted by molar-refractivity contribution is -0.384. The fourth-order valence-electron chi connectivity index (χ4n) is 1.14. The van der Waals surface area contributed by atoms with Crippen molar-refractivity contribution < 1.29 is 9.72 Å². The summed E-state index contributed by atoms with van der Waals surface area (Å²) >= 11 is 1.97. The molecule has 0 saturated heterocycles. The molecule has 0 aliphatic heterocycles. The molecule has 1 aromatic carbocycles. The van der Waals surface area contributed by atoms with Gasteiger partial charge in [-0.15, -0.1) is 6.58 Å². The highest BCUT2D eigenvalue weighted by Crippen LogP contribution is 2.19. The predicted molar refractivity (Wildman–Crippen MR) is 72.9 cm³/mol. The summed E-state index contributed by atoms with van der Waals surface area (Å²) in [5.74, 6) is -0.342. The molecule has 1 unspecified atom stereocenters. The summed E-state index contributed by atoms with van der Waals surface area (Å²) in [4.78, 5) is 21.9. The van der Waals surface area contributed by atoms with Crippen molar-refractivity contribution in [2.24, 2.45) is 0 Å². The van der Waals surface area contributed by atoms with Gasteiger partial charge in [0, 0.05) is 21.7 Å². The molecule has 0 radical (unpaired) electrons. The molecule has 0 aromatic heterocycles. The average Bonchev–Trinajstić information content (AvgIpc) is 2.28. The highest BCUT2D eigenvalue weighted by Gasteiger charge is 2.16. The maximum absolute atomic E-state index is 11.8. The largest absolute Gasteiger partial charge is 0.346 e. The van der Waals surface area contributed by atoms with Gasteiger partial charge in [-0.1, -0.05) is 6.08 Å². The van der Waals surface area contributed by atoms with Crippen LogP contribution in [0.1, 0.15) is 17.3 Å². The number of non-ortho nitro benzene ring substituents is 1. The molecule has 6 heteroatoms. The van der Waals surface area contributed by atoms with E-state index in [1.807, 2.05) is 22.6 Å². The first-order valence-corrected chi connectivity index (χ1v) is 5.91. The maximum atomic E-state index is 11.8. The highest BCUT2D eigenvalue weighted by molar-refractivity contribution is 14.1. The highest BCUT2D eigenvalue weighted by atomic mass is 127. The summed E-state index contributed by atoms with van der Waals surface area (Å²) in [6.45, 7) is 5.32. The topological polar surface area (TPSA) is 72.2 Å². The van der Waals surface area contributed by atoms with Crippen LogP contribution in [0.15, 0.2) is 30.9 Å². The molecule has 0 bridgehead atoms. The van der Waals surface area contributed by atoms with E-state index in [0.717, 1.165) is 0 Å². The smallest absolute Gasteiger partial charge is 0.270 e. The third-order valence-electron chi connectivity index (χ3n) is 2.12. The SMILES string of the molecule is C=CC(C)NC(=O)c1cc([N+](=O)[O-])ccc1I. The number of nitro benzene ring substituents is 1. The van der Waals surface area contributed by atoms with E-state index in [2.05, 4.69) is 11.9 Å². The van der Waals surface area contributed by atoms with Crippen LogP contribution in [0.2, 0.25) is 0 Å². The van der Waals surface area contributed by atoms with Crippen LogP contribution in [0.3, 0.4) is 0 Å². The van der Waals surface area contributed by atoms with Gasteiger partial charge in [0.05, 0.1) is 10.5 Å². The van der Waals surface area contributed by atoms with Gasteiger partial charge in [0.1, 0.15) is 0 Å². The molecule has 0 heterocycles. The molecule has 0 spiro atoms. The van der Waals surface area contributed by atoms with Crippen molar-refractivity contribution in [3.8, 4) is 0 Å². The van der Waals surface area contributed by atoms with Crippen molar-refractivity contribution in [3.05, 3.63) is 50.1 Å². The van der Waals surface area contributed by atoms with Crippen LogP contribution < -0.4 is 5.32 Å². The number of carbonyl (C=O) groups excluding carboxylic acids is 1. The Labute approximate surface area is 112 Å². The number of carbonyl (C=O) groups is 1. The Kier molecular flexibility index (Phi) is 4.62. The van der Waals surface area contributed by atoms with Gasteiger partial charge >= 0.3 is 0 Å². The lowest BCUT2D eigenvalue weighted by Crippen LogP contribution is -2.31. The Morgan fingerprint density at radius 3 is 2.82 bits per heavy atom.